The minimum absolute atomic E-state index is 0.0489. The van der Waals surface area contributed by atoms with E-state index in [9.17, 15) is 14.0 Å². The molecule has 2 amide bonds. The molecule has 7 nitrogen and oxygen atoms in total. The number of ether oxygens (including phenoxy) is 2. The Morgan fingerprint density at radius 3 is 2.60 bits per heavy atom. The lowest BCUT2D eigenvalue weighted by Crippen LogP contribution is -2.27. The average Bonchev–Trinajstić information content (AvgIpc) is 3.03. The Bertz CT molecular complexity index is 841. The molecule has 0 saturated carbocycles. The van der Waals surface area contributed by atoms with Crippen LogP contribution in [0.1, 0.15) is 21.8 Å². The van der Waals surface area contributed by atoms with Crippen molar-refractivity contribution in [1.29, 1.82) is 0 Å². The summed E-state index contributed by atoms with van der Waals surface area (Å²) in [5, 5.41) is 2.58. The average molecular weight is 345 g/mol. The largest absolute Gasteiger partial charge is 0.454 e. The predicted molar refractivity (Wildman–Crippen MR) is 87.9 cm³/mol. The number of carbonyl (C=O) groups excluding carboxylic acids is 2. The fourth-order valence-corrected chi connectivity index (χ4v) is 2.55. The van der Waals surface area contributed by atoms with E-state index in [0.717, 1.165) is 6.07 Å². The molecular formula is C17H16FN3O4. The summed E-state index contributed by atoms with van der Waals surface area (Å²) < 4.78 is 24.3. The Morgan fingerprint density at radius 2 is 1.92 bits per heavy atom. The van der Waals surface area contributed by atoms with E-state index in [4.69, 9.17) is 20.9 Å². The molecule has 2 aromatic carbocycles. The van der Waals surface area contributed by atoms with E-state index in [-0.39, 0.29) is 24.6 Å². The number of benzene rings is 2. The summed E-state index contributed by atoms with van der Waals surface area (Å²) in [5.41, 5.74) is 11.4. The number of fused-ring (bicyclic) bond motifs is 1. The topological polar surface area (TPSA) is 117 Å². The molecule has 2 aromatic rings. The Balaban J connectivity index is 1.79. The van der Waals surface area contributed by atoms with Gasteiger partial charge >= 0.3 is 0 Å². The van der Waals surface area contributed by atoms with Crippen LogP contribution >= 0.6 is 0 Å². The van der Waals surface area contributed by atoms with E-state index < -0.39 is 23.5 Å². The second-order valence-corrected chi connectivity index (χ2v) is 5.45. The van der Waals surface area contributed by atoms with Crippen LogP contribution in [0.25, 0.3) is 0 Å². The summed E-state index contributed by atoms with van der Waals surface area (Å²) in [5.74, 6) is -1.61. The number of halogens is 1. The maximum atomic E-state index is 13.8. The van der Waals surface area contributed by atoms with Gasteiger partial charge in [0.05, 0.1) is 11.5 Å². The normalized spacial score (nSPS) is 13.4. The molecule has 1 atom stereocenters. The van der Waals surface area contributed by atoms with E-state index in [1.807, 2.05) is 0 Å². The van der Waals surface area contributed by atoms with Crippen LogP contribution in [0.4, 0.5) is 10.1 Å². The van der Waals surface area contributed by atoms with Crippen LogP contribution in [0.15, 0.2) is 36.4 Å². The predicted octanol–water partition coefficient (Wildman–Crippen LogP) is 1.33. The SMILES string of the molecule is NCC(C(=O)Nc1ccc(C(N)=O)c(F)c1)c1ccc2c(c1)OCO2. The molecular weight excluding hydrogens is 329 g/mol. The molecule has 1 aliphatic heterocycles. The minimum atomic E-state index is -0.879. The fraction of sp³-hybridized carbons (Fsp3) is 0.176. The highest BCUT2D eigenvalue weighted by molar-refractivity contribution is 5.97. The summed E-state index contributed by atoms with van der Waals surface area (Å²) in [6.45, 7) is 0.178. The number of nitrogens with two attached hydrogens (primary N) is 2. The first-order chi connectivity index (χ1) is 12.0. The molecule has 8 heteroatoms. The van der Waals surface area contributed by atoms with Gasteiger partial charge in [-0.3, -0.25) is 9.59 Å². The smallest absolute Gasteiger partial charge is 0.251 e. The van der Waals surface area contributed by atoms with Gasteiger partial charge < -0.3 is 26.3 Å². The number of carbonyl (C=O) groups is 2. The molecule has 0 fully saturated rings. The van der Waals surface area contributed by atoms with Gasteiger partial charge in [-0.2, -0.15) is 0 Å². The van der Waals surface area contributed by atoms with Gasteiger partial charge in [0.25, 0.3) is 5.91 Å². The Hall–Kier alpha value is -3.13. The van der Waals surface area contributed by atoms with Crippen molar-refractivity contribution in [3.63, 3.8) is 0 Å². The van der Waals surface area contributed by atoms with E-state index in [0.29, 0.717) is 17.1 Å². The monoisotopic (exact) mass is 345 g/mol. The van der Waals surface area contributed by atoms with Crippen molar-refractivity contribution in [3.8, 4) is 11.5 Å². The highest BCUT2D eigenvalue weighted by Gasteiger charge is 2.23. The van der Waals surface area contributed by atoms with Crippen LogP contribution in [-0.4, -0.2) is 25.2 Å². The first kappa shape index (κ1) is 16.7. The maximum absolute atomic E-state index is 13.8. The minimum Gasteiger partial charge on any atom is -0.454 e. The van der Waals surface area contributed by atoms with Gasteiger partial charge in [0.15, 0.2) is 11.5 Å². The van der Waals surface area contributed by atoms with Crippen LogP contribution in [0, 0.1) is 5.82 Å². The van der Waals surface area contributed by atoms with Crippen molar-refractivity contribution in [2.45, 2.75) is 5.92 Å². The highest BCUT2D eigenvalue weighted by atomic mass is 19.1. The number of nitrogens with one attached hydrogen (secondary N) is 1. The number of hydrogen-bond acceptors (Lipinski definition) is 5. The lowest BCUT2D eigenvalue weighted by Gasteiger charge is -2.16. The van der Waals surface area contributed by atoms with Gasteiger partial charge in [-0.1, -0.05) is 6.07 Å². The zero-order valence-electron chi connectivity index (χ0n) is 13.1. The molecule has 0 radical (unpaired) electrons. The molecule has 0 saturated heterocycles. The van der Waals surface area contributed by atoms with E-state index in [1.54, 1.807) is 18.2 Å². The molecule has 1 unspecified atom stereocenters. The molecule has 5 N–H and O–H groups in total. The van der Waals surface area contributed by atoms with Crippen molar-refractivity contribution >= 4 is 17.5 Å². The third-order valence-electron chi connectivity index (χ3n) is 3.85. The molecule has 3 rings (SSSR count). The molecule has 0 bridgehead atoms. The van der Waals surface area contributed by atoms with Crippen molar-refractivity contribution in [3.05, 3.63) is 53.3 Å². The summed E-state index contributed by atoms with van der Waals surface area (Å²) in [4.78, 5) is 23.5. The van der Waals surface area contributed by atoms with Crippen LogP contribution < -0.4 is 26.3 Å². The molecule has 0 aromatic heterocycles. The Labute approximate surface area is 142 Å². The van der Waals surface area contributed by atoms with Crippen molar-refractivity contribution < 1.29 is 23.5 Å². The van der Waals surface area contributed by atoms with Gasteiger partial charge in [-0.05, 0) is 35.9 Å². The van der Waals surface area contributed by atoms with Crippen LogP contribution in [-0.2, 0) is 4.79 Å². The van der Waals surface area contributed by atoms with E-state index in [2.05, 4.69) is 5.32 Å². The third kappa shape index (κ3) is 3.38. The first-order valence-corrected chi connectivity index (χ1v) is 7.49. The summed E-state index contributed by atoms with van der Waals surface area (Å²) in [7, 11) is 0. The summed E-state index contributed by atoms with van der Waals surface area (Å²) >= 11 is 0. The number of rotatable bonds is 5. The second kappa shape index (κ2) is 6.78. The summed E-state index contributed by atoms with van der Waals surface area (Å²) in [6.07, 6.45) is 0. The molecule has 1 heterocycles. The lowest BCUT2D eigenvalue weighted by molar-refractivity contribution is -0.117. The quantitative estimate of drug-likeness (QED) is 0.756. The number of hydrogen-bond donors (Lipinski definition) is 3. The maximum Gasteiger partial charge on any atom is 0.251 e. The van der Waals surface area contributed by atoms with Crippen LogP contribution in [0.2, 0.25) is 0 Å². The lowest BCUT2D eigenvalue weighted by atomic mass is 9.97. The van der Waals surface area contributed by atoms with Crippen molar-refractivity contribution in [2.75, 3.05) is 18.7 Å². The summed E-state index contributed by atoms with van der Waals surface area (Å²) in [6, 6.07) is 8.76. The van der Waals surface area contributed by atoms with Gasteiger partial charge in [-0.15, -0.1) is 0 Å². The third-order valence-corrected chi connectivity index (χ3v) is 3.85. The van der Waals surface area contributed by atoms with E-state index in [1.165, 1.54) is 12.1 Å². The van der Waals surface area contributed by atoms with Crippen LogP contribution in [0.5, 0.6) is 11.5 Å². The van der Waals surface area contributed by atoms with Gasteiger partial charge in [0.2, 0.25) is 12.7 Å². The Kier molecular flexibility index (Phi) is 4.53. The van der Waals surface area contributed by atoms with Crippen LogP contribution in [0.3, 0.4) is 0 Å². The molecule has 0 spiro atoms. The molecule has 25 heavy (non-hydrogen) atoms. The zero-order chi connectivity index (χ0) is 18.0. The van der Waals surface area contributed by atoms with Crippen molar-refractivity contribution in [2.24, 2.45) is 11.5 Å². The Morgan fingerprint density at radius 1 is 1.16 bits per heavy atom. The van der Waals surface area contributed by atoms with Gasteiger partial charge in [0.1, 0.15) is 5.82 Å². The number of primary amides is 1. The van der Waals surface area contributed by atoms with Gasteiger partial charge in [-0.25, -0.2) is 4.39 Å². The standard InChI is InChI=1S/C17H16FN3O4/c18-13-6-10(2-3-11(13)16(20)22)21-17(23)12(7-19)9-1-4-14-15(5-9)25-8-24-14/h1-6,12H,7-8,19H2,(H2,20,22)(H,21,23). The number of anilines is 1. The van der Waals surface area contributed by atoms with Gasteiger partial charge in [0, 0.05) is 12.2 Å². The first-order valence-electron chi connectivity index (χ1n) is 7.49. The van der Waals surface area contributed by atoms with Crippen molar-refractivity contribution in [1.82, 2.24) is 0 Å². The fourth-order valence-electron chi connectivity index (χ4n) is 2.55. The number of amides is 2. The molecule has 0 aliphatic carbocycles. The molecule has 1 aliphatic rings. The highest BCUT2D eigenvalue weighted by Crippen LogP contribution is 2.34. The van der Waals surface area contributed by atoms with E-state index >= 15 is 0 Å². The zero-order valence-corrected chi connectivity index (χ0v) is 13.1. The second-order valence-electron chi connectivity index (χ2n) is 5.45. The molecule has 130 valence electrons.